The van der Waals surface area contributed by atoms with Crippen LogP contribution in [-0.2, 0) is 11.3 Å². The second-order valence-electron chi connectivity index (χ2n) is 5.79. The van der Waals surface area contributed by atoms with Gasteiger partial charge in [-0.3, -0.25) is 9.69 Å². The van der Waals surface area contributed by atoms with E-state index in [0.29, 0.717) is 12.6 Å². The number of nitrogens with zero attached hydrogens (tertiary/aromatic N) is 2. The lowest BCUT2D eigenvalue weighted by atomic mass is 10.2. The maximum Gasteiger partial charge on any atom is 0.320 e. The number of hydrogen-bond acceptors (Lipinski definition) is 5. The predicted octanol–water partition coefficient (Wildman–Crippen LogP) is 3.26. The Morgan fingerprint density at radius 2 is 2.30 bits per heavy atom. The van der Waals surface area contributed by atoms with Gasteiger partial charge in [-0.1, -0.05) is 12.1 Å². The van der Waals surface area contributed by atoms with Crippen molar-refractivity contribution in [2.24, 2.45) is 0 Å². The molecule has 1 fully saturated rings. The molecule has 1 heterocycles. The molecule has 0 saturated heterocycles. The summed E-state index contributed by atoms with van der Waals surface area (Å²) in [5, 5.41) is 12.2. The number of benzene rings is 1. The molecule has 1 saturated carbocycles. The zero-order chi connectivity index (χ0) is 16.4. The summed E-state index contributed by atoms with van der Waals surface area (Å²) in [7, 11) is 1.65. The SMILES string of the molecule is COc1cccc(-c2nc(CN(C3CC3)C(C)C(=O)O)cs2)c1. The Kier molecular flexibility index (Phi) is 4.63. The molecule has 23 heavy (non-hydrogen) atoms. The normalized spacial score (nSPS) is 15.6. The van der Waals surface area contributed by atoms with Gasteiger partial charge in [0.15, 0.2) is 0 Å². The van der Waals surface area contributed by atoms with E-state index in [1.54, 1.807) is 25.4 Å². The van der Waals surface area contributed by atoms with Gasteiger partial charge in [0, 0.05) is 23.5 Å². The number of methoxy groups -OCH3 is 1. The van der Waals surface area contributed by atoms with Crippen LogP contribution in [0.25, 0.3) is 10.6 Å². The van der Waals surface area contributed by atoms with Crippen LogP contribution in [-0.4, -0.2) is 40.2 Å². The Hall–Kier alpha value is -1.92. The van der Waals surface area contributed by atoms with Crippen LogP contribution in [0.3, 0.4) is 0 Å². The molecule has 1 aliphatic rings. The zero-order valence-electron chi connectivity index (χ0n) is 13.2. The first-order chi connectivity index (χ1) is 11.1. The third-order valence-corrected chi connectivity index (χ3v) is 5.02. The van der Waals surface area contributed by atoms with E-state index in [4.69, 9.17) is 4.74 Å². The maximum atomic E-state index is 11.3. The number of aliphatic carboxylic acids is 1. The number of carboxylic acids is 1. The molecule has 1 N–H and O–H groups in total. The Morgan fingerprint density at radius 1 is 1.52 bits per heavy atom. The number of hydrogen-bond donors (Lipinski definition) is 1. The van der Waals surface area contributed by atoms with Gasteiger partial charge < -0.3 is 9.84 Å². The van der Waals surface area contributed by atoms with E-state index in [1.165, 1.54) is 0 Å². The zero-order valence-corrected chi connectivity index (χ0v) is 14.0. The van der Waals surface area contributed by atoms with E-state index in [0.717, 1.165) is 34.9 Å². The number of carbonyl (C=O) groups is 1. The van der Waals surface area contributed by atoms with Crippen molar-refractivity contribution in [3.63, 3.8) is 0 Å². The van der Waals surface area contributed by atoms with Gasteiger partial charge in [0.25, 0.3) is 0 Å². The molecule has 2 aromatic rings. The Labute approximate surface area is 139 Å². The first kappa shape index (κ1) is 16.0. The van der Waals surface area contributed by atoms with Crippen LogP contribution in [0.1, 0.15) is 25.5 Å². The molecular weight excluding hydrogens is 312 g/mol. The second kappa shape index (κ2) is 6.68. The van der Waals surface area contributed by atoms with Gasteiger partial charge in [0.1, 0.15) is 16.8 Å². The van der Waals surface area contributed by atoms with Crippen molar-refractivity contribution in [3.8, 4) is 16.3 Å². The molecule has 122 valence electrons. The van der Waals surface area contributed by atoms with Gasteiger partial charge in [0.05, 0.1) is 12.8 Å². The summed E-state index contributed by atoms with van der Waals surface area (Å²) in [6, 6.07) is 7.71. The fraction of sp³-hybridized carbons (Fsp3) is 0.412. The first-order valence-corrected chi connectivity index (χ1v) is 8.54. The number of rotatable bonds is 7. The fourth-order valence-corrected chi connectivity index (χ4v) is 3.39. The van der Waals surface area contributed by atoms with Crippen molar-refractivity contribution in [1.29, 1.82) is 0 Å². The lowest BCUT2D eigenvalue weighted by molar-refractivity contribution is -0.143. The minimum Gasteiger partial charge on any atom is -0.497 e. The summed E-state index contributed by atoms with van der Waals surface area (Å²) in [6.07, 6.45) is 2.15. The largest absolute Gasteiger partial charge is 0.497 e. The Balaban J connectivity index is 1.77. The molecule has 0 radical (unpaired) electrons. The lowest BCUT2D eigenvalue weighted by Crippen LogP contribution is -2.40. The van der Waals surface area contributed by atoms with Crippen molar-refractivity contribution in [2.75, 3.05) is 7.11 Å². The molecule has 3 rings (SSSR count). The van der Waals surface area contributed by atoms with Crippen LogP contribution in [0.15, 0.2) is 29.6 Å². The van der Waals surface area contributed by atoms with Crippen LogP contribution < -0.4 is 4.74 Å². The standard InChI is InChI=1S/C17H20N2O3S/c1-11(17(20)21)19(14-6-7-14)9-13-10-23-16(18-13)12-4-3-5-15(8-12)22-2/h3-5,8,10-11,14H,6-7,9H2,1-2H3,(H,20,21). The monoisotopic (exact) mass is 332 g/mol. The van der Waals surface area contributed by atoms with Crippen molar-refractivity contribution < 1.29 is 14.6 Å². The van der Waals surface area contributed by atoms with Gasteiger partial charge >= 0.3 is 5.97 Å². The smallest absolute Gasteiger partial charge is 0.320 e. The molecule has 0 spiro atoms. The van der Waals surface area contributed by atoms with Crippen LogP contribution in [0.4, 0.5) is 0 Å². The van der Waals surface area contributed by atoms with Crippen molar-refractivity contribution >= 4 is 17.3 Å². The average Bonchev–Trinajstić information content (AvgIpc) is 3.30. The highest BCUT2D eigenvalue weighted by Crippen LogP contribution is 2.32. The van der Waals surface area contributed by atoms with E-state index in [9.17, 15) is 9.90 Å². The highest BCUT2D eigenvalue weighted by Gasteiger charge is 2.35. The molecule has 6 heteroatoms. The predicted molar refractivity (Wildman–Crippen MR) is 89.8 cm³/mol. The summed E-state index contributed by atoms with van der Waals surface area (Å²) in [5.74, 6) is 0.0264. The van der Waals surface area contributed by atoms with Gasteiger partial charge in [0.2, 0.25) is 0 Å². The van der Waals surface area contributed by atoms with E-state index < -0.39 is 12.0 Å². The Morgan fingerprint density at radius 3 is 2.96 bits per heavy atom. The average molecular weight is 332 g/mol. The van der Waals surface area contributed by atoms with Crippen molar-refractivity contribution in [3.05, 3.63) is 35.3 Å². The third-order valence-electron chi connectivity index (χ3n) is 4.08. The third kappa shape index (κ3) is 3.71. The quantitative estimate of drug-likeness (QED) is 0.843. The maximum absolute atomic E-state index is 11.3. The molecule has 0 aliphatic heterocycles. The Bertz CT molecular complexity index is 697. The number of ether oxygens (including phenoxy) is 1. The molecule has 1 aliphatic carbocycles. The molecule has 1 unspecified atom stereocenters. The van der Waals surface area contributed by atoms with Gasteiger partial charge in [-0.05, 0) is 31.9 Å². The fourth-order valence-electron chi connectivity index (χ4n) is 2.59. The van der Waals surface area contributed by atoms with Crippen LogP contribution in [0.5, 0.6) is 5.75 Å². The van der Waals surface area contributed by atoms with Gasteiger partial charge in [-0.15, -0.1) is 11.3 Å². The summed E-state index contributed by atoms with van der Waals surface area (Å²) >= 11 is 1.58. The van der Waals surface area contributed by atoms with Crippen molar-refractivity contribution in [2.45, 2.75) is 38.4 Å². The molecule has 1 aromatic heterocycles. The highest BCUT2D eigenvalue weighted by molar-refractivity contribution is 7.13. The molecule has 5 nitrogen and oxygen atoms in total. The van der Waals surface area contributed by atoms with Crippen LogP contribution >= 0.6 is 11.3 Å². The van der Waals surface area contributed by atoms with E-state index >= 15 is 0 Å². The summed E-state index contributed by atoms with van der Waals surface area (Å²) < 4.78 is 5.25. The first-order valence-electron chi connectivity index (χ1n) is 7.66. The molecule has 0 amide bonds. The van der Waals surface area contributed by atoms with Crippen LogP contribution in [0, 0.1) is 0 Å². The minimum atomic E-state index is -0.778. The minimum absolute atomic E-state index is 0.378. The van der Waals surface area contributed by atoms with Gasteiger partial charge in [-0.25, -0.2) is 4.98 Å². The van der Waals surface area contributed by atoms with E-state index in [1.807, 2.05) is 34.5 Å². The second-order valence-corrected chi connectivity index (χ2v) is 6.65. The summed E-state index contributed by atoms with van der Waals surface area (Å²) in [5.41, 5.74) is 1.94. The van der Waals surface area contributed by atoms with Crippen LogP contribution in [0.2, 0.25) is 0 Å². The van der Waals surface area contributed by atoms with E-state index in [-0.39, 0.29) is 0 Å². The number of aromatic nitrogens is 1. The number of thiazole rings is 1. The van der Waals surface area contributed by atoms with Crippen molar-refractivity contribution in [1.82, 2.24) is 9.88 Å². The molecule has 1 atom stereocenters. The molecular formula is C17H20N2O3S. The number of carboxylic acid groups (broad SMARTS) is 1. The van der Waals surface area contributed by atoms with E-state index in [2.05, 4.69) is 4.98 Å². The summed E-state index contributed by atoms with van der Waals surface area (Å²) in [4.78, 5) is 18.0. The topological polar surface area (TPSA) is 62.7 Å². The summed E-state index contributed by atoms with van der Waals surface area (Å²) in [6.45, 7) is 2.33. The van der Waals surface area contributed by atoms with Gasteiger partial charge in [-0.2, -0.15) is 0 Å². The molecule has 1 aromatic carbocycles. The highest BCUT2D eigenvalue weighted by atomic mass is 32.1. The molecule has 0 bridgehead atoms. The lowest BCUT2D eigenvalue weighted by Gasteiger charge is -2.25.